The van der Waals surface area contributed by atoms with Gasteiger partial charge in [0.25, 0.3) is 0 Å². The molecular weight excluding hydrogens is 226 g/mol. The monoisotopic (exact) mass is 249 g/mol. The molecule has 0 saturated heterocycles. The quantitative estimate of drug-likeness (QED) is 0.567. The highest BCUT2D eigenvalue weighted by Gasteiger charge is 2.10. The van der Waals surface area contributed by atoms with Gasteiger partial charge in [-0.15, -0.1) is 0 Å². The number of carbonyl (C=O) groups is 1. The van der Waals surface area contributed by atoms with Gasteiger partial charge in [-0.25, -0.2) is 0 Å². The van der Waals surface area contributed by atoms with Crippen molar-refractivity contribution in [3.8, 4) is 0 Å². The van der Waals surface area contributed by atoms with Crippen molar-refractivity contribution < 1.29 is 9.90 Å². The lowest BCUT2D eigenvalue weighted by Crippen LogP contribution is -2.27. The van der Waals surface area contributed by atoms with E-state index in [4.69, 9.17) is 5.11 Å². The molecule has 3 heteroatoms. The van der Waals surface area contributed by atoms with Gasteiger partial charge >= 0.3 is 0 Å². The second-order valence-corrected chi connectivity index (χ2v) is 4.76. The average Bonchev–Trinajstić information content (AvgIpc) is 2.35. The molecule has 0 amide bonds. The Hall–Kier alpha value is -1.19. The molecule has 0 atom stereocenters. The number of likely N-dealkylation sites (N-methyl/N-ethyl adjacent to an activating group) is 1. The van der Waals surface area contributed by atoms with Crippen molar-refractivity contribution in [2.45, 2.75) is 26.2 Å². The summed E-state index contributed by atoms with van der Waals surface area (Å²) in [7, 11) is 1.97. The van der Waals surface area contributed by atoms with E-state index in [0.717, 1.165) is 36.9 Å². The first-order valence-electron chi connectivity index (χ1n) is 6.53. The van der Waals surface area contributed by atoms with Crippen molar-refractivity contribution in [2.75, 3.05) is 26.7 Å². The number of aliphatic hydroxyl groups excluding tert-OH is 1. The minimum atomic E-state index is 0.178. The number of carbonyl (C=O) groups excluding carboxylic acids is 1. The third kappa shape index (κ3) is 4.98. The topological polar surface area (TPSA) is 40.5 Å². The molecule has 3 nitrogen and oxygen atoms in total. The van der Waals surface area contributed by atoms with E-state index in [1.165, 1.54) is 0 Å². The third-order valence-corrected chi connectivity index (χ3v) is 3.06. The summed E-state index contributed by atoms with van der Waals surface area (Å²) in [6.45, 7) is 3.59. The molecule has 0 aliphatic heterocycles. The summed E-state index contributed by atoms with van der Waals surface area (Å²) in [5.74, 6) is 0.178. The number of unbranched alkanes of at least 4 members (excludes halogenated alkanes) is 2. The molecule has 1 N–H and O–H groups in total. The summed E-state index contributed by atoms with van der Waals surface area (Å²) in [5, 5.41) is 8.69. The Bertz CT molecular complexity index is 377. The lowest BCUT2D eigenvalue weighted by atomic mass is 10.0. The predicted molar refractivity (Wildman–Crippen MR) is 73.9 cm³/mol. The molecule has 1 aromatic rings. The van der Waals surface area contributed by atoms with Crippen LogP contribution < -0.4 is 0 Å². The maximum Gasteiger partial charge on any atom is 0.177 e. The van der Waals surface area contributed by atoms with Crippen molar-refractivity contribution in [3.63, 3.8) is 0 Å². The fourth-order valence-electron chi connectivity index (χ4n) is 1.97. The van der Waals surface area contributed by atoms with Crippen molar-refractivity contribution in [3.05, 3.63) is 35.4 Å². The van der Waals surface area contributed by atoms with Crippen LogP contribution in [-0.2, 0) is 0 Å². The molecule has 0 radical (unpaired) electrons. The van der Waals surface area contributed by atoms with Crippen LogP contribution in [0.4, 0.5) is 0 Å². The molecule has 1 aromatic carbocycles. The normalized spacial score (nSPS) is 10.9. The van der Waals surface area contributed by atoms with Gasteiger partial charge in [-0.3, -0.25) is 9.69 Å². The van der Waals surface area contributed by atoms with Gasteiger partial charge in [-0.05, 0) is 45.3 Å². The van der Waals surface area contributed by atoms with Crippen LogP contribution in [-0.4, -0.2) is 42.5 Å². The largest absolute Gasteiger partial charge is 0.396 e. The summed E-state index contributed by atoms with van der Waals surface area (Å²) in [4.78, 5) is 14.1. The van der Waals surface area contributed by atoms with E-state index in [1.54, 1.807) is 0 Å². The maximum absolute atomic E-state index is 12.1. The van der Waals surface area contributed by atoms with Crippen LogP contribution in [0.5, 0.6) is 0 Å². The minimum absolute atomic E-state index is 0.178. The van der Waals surface area contributed by atoms with Gasteiger partial charge in [0.15, 0.2) is 5.78 Å². The van der Waals surface area contributed by atoms with Crippen LogP contribution in [0, 0.1) is 6.92 Å². The van der Waals surface area contributed by atoms with Gasteiger partial charge in [0.2, 0.25) is 0 Å². The maximum atomic E-state index is 12.1. The predicted octanol–water partition coefficient (Wildman–Crippen LogP) is 2.27. The summed E-state index contributed by atoms with van der Waals surface area (Å²) in [6.07, 6.45) is 2.89. The Morgan fingerprint density at radius 3 is 2.61 bits per heavy atom. The SMILES string of the molecule is Cc1ccccc1C(=O)CN(C)CCCCCO. The fraction of sp³-hybridized carbons (Fsp3) is 0.533. The van der Waals surface area contributed by atoms with E-state index in [-0.39, 0.29) is 12.4 Å². The fourth-order valence-corrected chi connectivity index (χ4v) is 1.97. The molecule has 0 aliphatic rings. The first-order valence-corrected chi connectivity index (χ1v) is 6.53. The molecule has 0 heterocycles. The molecule has 0 spiro atoms. The number of rotatable bonds is 8. The van der Waals surface area contributed by atoms with Crippen LogP contribution in [0.2, 0.25) is 0 Å². The number of ketones is 1. The average molecular weight is 249 g/mol. The van der Waals surface area contributed by atoms with Gasteiger partial charge in [0, 0.05) is 12.2 Å². The van der Waals surface area contributed by atoms with Crippen LogP contribution in [0.1, 0.15) is 35.2 Å². The molecule has 0 bridgehead atoms. The molecule has 0 fully saturated rings. The van der Waals surface area contributed by atoms with Crippen molar-refractivity contribution in [1.29, 1.82) is 0 Å². The zero-order valence-corrected chi connectivity index (χ0v) is 11.4. The second kappa shape index (κ2) is 8.01. The van der Waals surface area contributed by atoms with E-state index in [2.05, 4.69) is 0 Å². The summed E-state index contributed by atoms with van der Waals surface area (Å²) >= 11 is 0. The molecule has 100 valence electrons. The Labute approximate surface area is 109 Å². The van der Waals surface area contributed by atoms with Crippen molar-refractivity contribution in [2.24, 2.45) is 0 Å². The Balaban J connectivity index is 2.38. The van der Waals surface area contributed by atoms with Gasteiger partial charge in [-0.1, -0.05) is 24.3 Å². The summed E-state index contributed by atoms with van der Waals surface area (Å²) < 4.78 is 0. The van der Waals surface area contributed by atoms with E-state index < -0.39 is 0 Å². The van der Waals surface area contributed by atoms with Crippen molar-refractivity contribution in [1.82, 2.24) is 4.90 Å². The van der Waals surface area contributed by atoms with E-state index in [9.17, 15) is 4.79 Å². The molecule has 0 aliphatic carbocycles. The lowest BCUT2D eigenvalue weighted by molar-refractivity contribution is 0.0944. The molecule has 0 saturated carbocycles. The molecule has 0 unspecified atom stereocenters. The number of aliphatic hydroxyl groups is 1. The number of aryl methyl sites for hydroxylation is 1. The Morgan fingerprint density at radius 1 is 1.22 bits per heavy atom. The lowest BCUT2D eigenvalue weighted by Gasteiger charge is -2.16. The van der Waals surface area contributed by atoms with Crippen LogP contribution in [0.25, 0.3) is 0 Å². The van der Waals surface area contributed by atoms with Gasteiger partial charge in [-0.2, -0.15) is 0 Å². The van der Waals surface area contributed by atoms with Gasteiger partial charge in [0.05, 0.1) is 6.54 Å². The van der Waals surface area contributed by atoms with Crippen LogP contribution in [0.3, 0.4) is 0 Å². The van der Waals surface area contributed by atoms with Crippen molar-refractivity contribution >= 4 is 5.78 Å². The summed E-state index contributed by atoms with van der Waals surface area (Å²) in [6, 6.07) is 7.71. The zero-order chi connectivity index (χ0) is 13.4. The van der Waals surface area contributed by atoms with Gasteiger partial charge in [0.1, 0.15) is 0 Å². The van der Waals surface area contributed by atoms with Gasteiger partial charge < -0.3 is 5.11 Å². The standard InChI is InChI=1S/C15H23NO2/c1-13-8-4-5-9-14(13)15(18)12-16(2)10-6-3-7-11-17/h4-5,8-9,17H,3,6-7,10-12H2,1-2H3. The van der Waals surface area contributed by atoms with Crippen LogP contribution in [0.15, 0.2) is 24.3 Å². The number of benzene rings is 1. The Kier molecular flexibility index (Phi) is 6.61. The highest BCUT2D eigenvalue weighted by Crippen LogP contribution is 2.08. The second-order valence-electron chi connectivity index (χ2n) is 4.76. The number of hydrogen-bond donors (Lipinski definition) is 1. The first kappa shape index (κ1) is 14.9. The zero-order valence-electron chi connectivity index (χ0n) is 11.4. The number of nitrogens with zero attached hydrogens (tertiary/aromatic N) is 1. The van der Waals surface area contributed by atoms with E-state index >= 15 is 0 Å². The smallest absolute Gasteiger partial charge is 0.177 e. The molecule has 0 aromatic heterocycles. The van der Waals surface area contributed by atoms with E-state index in [0.29, 0.717) is 6.54 Å². The highest BCUT2D eigenvalue weighted by atomic mass is 16.2. The summed E-state index contributed by atoms with van der Waals surface area (Å²) in [5.41, 5.74) is 1.86. The number of Topliss-reactive ketones (excluding diaryl/α,β-unsaturated/α-hetero) is 1. The Morgan fingerprint density at radius 2 is 1.94 bits per heavy atom. The molecule has 18 heavy (non-hydrogen) atoms. The third-order valence-electron chi connectivity index (χ3n) is 3.06. The minimum Gasteiger partial charge on any atom is -0.396 e. The molecular formula is C15H23NO2. The van der Waals surface area contributed by atoms with Crippen LogP contribution >= 0.6 is 0 Å². The number of hydrogen-bond acceptors (Lipinski definition) is 3. The molecule has 1 rings (SSSR count). The van der Waals surface area contributed by atoms with E-state index in [1.807, 2.05) is 43.1 Å². The first-order chi connectivity index (χ1) is 8.65. The highest BCUT2D eigenvalue weighted by molar-refractivity contribution is 5.98.